The van der Waals surface area contributed by atoms with E-state index in [1.54, 1.807) is 13.0 Å². The third kappa shape index (κ3) is 6.01. The van der Waals surface area contributed by atoms with Crippen LogP contribution in [0.25, 0.3) is 6.08 Å². The average molecular weight is 583 g/mol. The van der Waals surface area contributed by atoms with Gasteiger partial charge in [-0.3, -0.25) is 9.59 Å². The molecule has 0 atom stereocenters. The number of carboxylic acid groups (broad SMARTS) is 1. The van der Waals surface area contributed by atoms with Crippen LogP contribution in [0.4, 0.5) is 14.9 Å². The largest absolute Gasteiger partial charge is 0.490 e. The number of rotatable bonds is 9. The van der Waals surface area contributed by atoms with Crippen LogP contribution in [0.1, 0.15) is 12.5 Å². The van der Waals surface area contributed by atoms with Gasteiger partial charge in [-0.1, -0.05) is 12.1 Å². The van der Waals surface area contributed by atoms with E-state index < -0.39 is 42.8 Å². The number of para-hydroxylation sites is 1. The quantitative estimate of drug-likeness (QED) is 0.235. The van der Waals surface area contributed by atoms with E-state index in [4.69, 9.17) is 14.6 Å². The first kappa shape index (κ1) is 25.0. The van der Waals surface area contributed by atoms with Crippen molar-refractivity contribution < 1.29 is 38.1 Å². The number of hydrogen-bond acceptors (Lipinski definition) is 6. The molecular weight excluding hydrogens is 564 g/mol. The second-order valence-corrected chi connectivity index (χ2v) is 8.02. The summed E-state index contributed by atoms with van der Waals surface area (Å²) in [6, 6.07) is 7.85. The fourth-order valence-corrected chi connectivity index (χ4v) is 3.77. The maximum absolute atomic E-state index is 13.7. The van der Waals surface area contributed by atoms with Crippen molar-refractivity contribution in [2.24, 2.45) is 0 Å². The predicted octanol–water partition coefficient (Wildman–Crippen LogP) is 2.82. The van der Waals surface area contributed by atoms with Crippen molar-refractivity contribution in [2.45, 2.75) is 6.92 Å². The summed E-state index contributed by atoms with van der Waals surface area (Å²) in [6.45, 7) is 0.846. The lowest BCUT2D eigenvalue weighted by atomic mass is 10.1. The lowest BCUT2D eigenvalue weighted by Gasteiger charge is -2.14. The summed E-state index contributed by atoms with van der Waals surface area (Å²) >= 11 is 1.93. The highest BCUT2D eigenvalue weighted by molar-refractivity contribution is 14.1. The highest BCUT2D eigenvalue weighted by atomic mass is 127. The van der Waals surface area contributed by atoms with Gasteiger partial charge >= 0.3 is 12.0 Å². The van der Waals surface area contributed by atoms with Crippen molar-refractivity contribution in [3.8, 4) is 11.5 Å². The molecular formula is C22H19FIN3O7. The molecule has 0 bridgehead atoms. The van der Waals surface area contributed by atoms with E-state index in [0.29, 0.717) is 14.0 Å². The third-order valence-electron chi connectivity index (χ3n) is 4.39. The van der Waals surface area contributed by atoms with Crippen LogP contribution in [0.5, 0.6) is 11.5 Å². The van der Waals surface area contributed by atoms with Crippen molar-refractivity contribution in [1.82, 2.24) is 10.2 Å². The van der Waals surface area contributed by atoms with Crippen molar-refractivity contribution >= 4 is 58.2 Å². The van der Waals surface area contributed by atoms with Crippen molar-refractivity contribution in [3.63, 3.8) is 0 Å². The lowest BCUT2D eigenvalue weighted by molar-refractivity contribution is -0.139. The second-order valence-electron chi connectivity index (χ2n) is 6.85. The number of anilines is 1. The topological polar surface area (TPSA) is 134 Å². The Balaban J connectivity index is 1.78. The van der Waals surface area contributed by atoms with E-state index >= 15 is 0 Å². The molecule has 1 aliphatic rings. The minimum Gasteiger partial charge on any atom is -0.490 e. The van der Waals surface area contributed by atoms with E-state index in [-0.39, 0.29) is 29.5 Å². The number of imide groups is 1. The standard InChI is InChI=1S/C22H19FIN3O7/c1-2-33-17-9-12(7-14(24)20(17)34-11-19(29)30)8-16-21(31)27(22(32)26-16)10-18(28)25-15-6-4-3-5-13(15)23/h3-9H,2,10-11H2,1H3,(H,25,28)(H,26,32)(H,29,30)/b16-8+. The molecule has 1 fully saturated rings. The fourth-order valence-electron chi connectivity index (χ4n) is 2.99. The van der Waals surface area contributed by atoms with Crippen LogP contribution < -0.4 is 20.1 Å². The molecule has 2 aromatic carbocycles. The van der Waals surface area contributed by atoms with Crippen LogP contribution in [0.15, 0.2) is 42.1 Å². The molecule has 0 aliphatic carbocycles. The molecule has 0 spiro atoms. The summed E-state index contributed by atoms with van der Waals surface area (Å²) in [5, 5.41) is 13.6. The van der Waals surface area contributed by atoms with Gasteiger partial charge in [0.2, 0.25) is 5.91 Å². The minimum atomic E-state index is -1.15. The van der Waals surface area contributed by atoms with Gasteiger partial charge in [0.05, 0.1) is 15.9 Å². The zero-order valence-corrected chi connectivity index (χ0v) is 19.9. The molecule has 0 radical (unpaired) electrons. The average Bonchev–Trinajstić information content (AvgIpc) is 3.02. The molecule has 178 valence electrons. The van der Waals surface area contributed by atoms with Crippen LogP contribution in [0.2, 0.25) is 0 Å². The van der Waals surface area contributed by atoms with Gasteiger partial charge in [0.25, 0.3) is 5.91 Å². The summed E-state index contributed by atoms with van der Waals surface area (Å²) < 4.78 is 25.1. The monoisotopic (exact) mass is 583 g/mol. The zero-order chi connectivity index (χ0) is 24.8. The summed E-state index contributed by atoms with van der Waals surface area (Å²) in [5.74, 6) is -2.79. The number of hydrogen-bond donors (Lipinski definition) is 3. The smallest absolute Gasteiger partial charge is 0.341 e. The van der Waals surface area contributed by atoms with E-state index in [0.717, 1.165) is 0 Å². The van der Waals surface area contributed by atoms with Crippen LogP contribution in [-0.2, 0) is 14.4 Å². The van der Waals surface area contributed by atoms with Crippen molar-refractivity contribution in [3.05, 3.63) is 57.0 Å². The molecule has 3 rings (SSSR count). The van der Waals surface area contributed by atoms with Crippen LogP contribution in [0, 0.1) is 9.39 Å². The van der Waals surface area contributed by atoms with E-state index in [9.17, 15) is 23.6 Å². The maximum Gasteiger partial charge on any atom is 0.341 e. The number of carboxylic acids is 1. The number of carbonyl (C=O) groups is 4. The summed E-state index contributed by atoms with van der Waals surface area (Å²) in [4.78, 5) is 48.8. The number of ether oxygens (including phenoxy) is 2. The van der Waals surface area contributed by atoms with Crippen LogP contribution in [0.3, 0.4) is 0 Å². The van der Waals surface area contributed by atoms with Gasteiger partial charge in [-0.25, -0.2) is 18.9 Å². The Morgan fingerprint density at radius 1 is 1.24 bits per heavy atom. The lowest BCUT2D eigenvalue weighted by Crippen LogP contribution is -2.38. The first-order valence-corrected chi connectivity index (χ1v) is 11.0. The Labute approximate surface area is 206 Å². The van der Waals surface area contributed by atoms with Crippen LogP contribution in [-0.4, -0.2) is 53.6 Å². The van der Waals surface area contributed by atoms with Gasteiger partial charge in [-0.15, -0.1) is 0 Å². The number of aliphatic carboxylic acids is 1. The van der Waals surface area contributed by atoms with Gasteiger partial charge in [-0.2, -0.15) is 0 Å². The molecule has 1 aliphatic heterocycles. The molecule has 12 heteroatoms. The molecule has 34 heavy (non-hydrogen) atoms. The van der Waals surface area contributed by atoms with E-state index in [1.165, 1.54) is 36.4 Å². The summed E-state index contributed by atoms with van der Waals surface area (Å²) in [5.41, 5.74) is 0.316. The highest BCUT2D eigenvalue weighted by Gasteiger charge is 2.35. The Morgan fingerprint density at radius 3 is 2.65 bits per heavy atom. The number of halogens is 2. The third-order valence-corrected chi connectivity index (χ3v) is 5.20. The Hall–Kier alpha value is -3.68. The van der Waals surface area contributed by atoms with Gasteiger partial charge < -0.3 is 25.2 Å². The molecule has 1 saturated heterocycles. The van der Waals surface area contributed by atoms with Crippen molar-refractivity contribution in [1.29, 1.82) is 0 Å². The first-order chi connectivity index (χ1) is 16.2. The SMILES string of the molecule is CCOc1cc(/C=C2/NC(=O)N(CC(=O)Nc3ccccc3F)C2=O)cc(I)c1OCC(=O)O. The zero-order valence-electron chi connectivity index (χ0n) is 17.8. The number of urea groups is 1. The number of amides is 4. The molecule has 2 aromatic rings. The summed E-state index contributed by atoms with van der Waals surface area (Å²) in [6.07, 6.45) is 1.39. The summed E-state index contributed by atoms with van der Waals surface area (Å²) in [7, 11) is 0. The first-order valence-electron chi connectivity index (χ1n) is 9.89. The van der Waals surface area contributed by atoms with E-state index in [1.807, 2.05) is 22.6 Å². The molecule has 10 nitrogen and oxygen atoms in total. The molecule has 0 aromatic heterocycles. The van der Waals surface area contributed by atoms with Crippen molar-refractivity contribution in [2.75, 3.05) is 25.1 Å². The van der Waals surface area contributed by atoms with Gasteiger partial charge in [0.15, 0.2) is 18.1 Å². The number of nitrogens with one attached hydrogen (secondary N) is 2. The van der Waals surface area contributed by atoms with Crippen LogP contribution >= 0.6 is 22.6 Å². The Morgan fingerprint density at radius 2 is 1.97 bits per heavy atom. The van der Waals surface area contributed by atoms with Gasteiger partial charge in [-0.05, 0) is 65.4 Å². The molecule has 3 N–H and O–H groups in total. The fraction of sp³-hybridized carbons (Fsp3) is 0.182. The minimum absolute atomic E-state index is 0.0708. The number of nitrogens with zero attached hydrogens (tertiary/aromatic N) is 1. The molecule has 0 unspecified atom stereocenters. The maximum atomic E-state index is 13.7. The predicted molar refractivity (Wildman–Crippen MR) is 127 cm³/mol. The highest BCUT2D eigenvalue weighted by Crippen LogP contribution is 2.35. The second kappa shape index (κ2) is 11.0. The van der Waals surface area contributed by atoms with Gasteiger partial charge in [0, 0.05) is 0 Å². The Bertz CT molecular complexity index is 1190. The van der Waals surface area contributed by atoms with Gasteiger partial charge in [0.1, 0.15) is 18.1 Å². The number of carbonyl (C=O) groups excluding carboxylic acids is 3. The normalized spacial score (nSPS) is 14.2. The molecule has 4 amide bonds. The Kier molecular flexibility index (Phi) is 8.04. The number of benzene rings is 2. The molecule has 0 saturated carbocycles. The molecule has 1 heterocycles. The van der Waals surface area contributed by atoms with E-state index in [2.05, 4.69) is 10.6 Å².